The Balaban J connectivity index is 2.19. The number of hydrogen-bond donors (Lipinski definition) is 2. The molecule has 0 bridgehead atoms. The molecule has 20 heavy (non-hydrogen) atoms. The van der Waals surface area contributed by atoms with Crippen molar-refractivity contribution >= 4 is 15.8 Å². The molecule has 5 nitrogen and oxygen atoms in total. The molecule has 0 unspecified atom stereocenters. The third-order valence-electron chi connectivity index (χ3n) is 2.89. The van der Waals surface area contributed by atoms with Crippen molar-refractivity contribution in [2.75, 3.05) is 5.73 Å². The summed E-state index contributed by atoms with van der Waals surface area (Å²) in [5, 5.41) is 0. The van der Waals surface area contributed by atoms with Gasteiger partial charge in [-0.15, -0.1) is 0 Å². The first kappa shape index (κ1) is 14.5. The summed E-state index contributed by atoms with van der Waals surface area (Å²) in [5.41, 5.74) is 8.40. The van der Waals surface area contributed by atoms with E-state index in [-0.39, 0.29) is 17.3 Å². The molecule has 1 aromatic carbocycles. The van der Waals surface area contributed by atoms with Gasteiger partial charge in [-0.1, -0.05) is 29.8 Å². The molecular weight excluding hydrogens is 274 g/mol. The van der Waals surface area contributed by atoms with Crippen LogP contribution in [0.15, 0.2) is 41.4 Å². The lowest BCUT2D eigenvalue weighted by Crippen LogP contribution is -2.24. The molecule has 0 amide bonds. The van der Waals surface area contributed by atoms with Crippen LogP contribution in [0.1, 0.15) is 16.7 Å². The van der Waals surface area contributed by atoms with E-state index in [0.717, 1.165) is 16.7 Å². The highest BCUT2D eigenvalue weighted by Crippen LogP contribution is 2.17. The van der Waals surface area contributed by atoms with E-state index in [1.165, 1.54) is 12.3 Å². The minimum atomic E-state index is -3.66. The van der Waals surface area contributed by atoms with Crippen molar-refractivity contribution in [1.82, 2.24) is 9.71 Å². The van der Waals surface area contributed by atoms with Gasteiger partial charge in [0.2, 0.25) is 10.0 Å². The predicted octanol–water partition coefficient (Wildman–Crippen LogP) is 1.76. The lowest BCUT2D eigenvalue weighted by atomic mass is 10.2. The van der Waals surface area contributed by atoms with E-state index in [0.29, 0.717) is 0 Å². The summed E-state index contributed by atoms with van der Waals surface area (Å²) < 4.78 is 27.0. The Hall–Kier alpha value is -1.92. The first-order valence-corrected chi connectivity index (χ1v) is 7.64. The molecule has 0 radical (unpaired) electrons. The fourth-order valence-electron chi connectivity index (χ4n) is 1.73. The van der Waals surface area contributed by atoms with E-state index in [1.807, 2.05) is 31.2 Å². The van der Waals surface area contributed by atoms with E-state index in [9.17, 15) is 8.42 Å². The van der Waals surface area contributed by atoms with Gasteiger partial charge in [-0.05, 0) is 31.0 Å². The molecule has 0 saturated heterocycles. The van der Waals surface area contributed by atoms with Gasteiger partial charge in [-0.2, -0.15) is 0 Å². The highest BCUT2D eigenvalue weighted by atomic mass is 32.2. The van der Waals surface area contributed by atoms with E-state index >= 15 is 0 Å². The maximum Gasteiger partial charge on any atom is 0.244 e. The number of aromatic nitrogens is 1. The highest BCUT2D eigenvalue weighted by molar-refractivity contribution is 7.89. The summed E-state index contributed by atoms with van der Waals surface area (Å²) in [7, 11) is -3.66. The molecule has 2 aromatic rings. The van der Waals surface area contributed by atoms with E-state index in [4.69, 9.17) is 5.73 Å². The smallest absolute Gasteiger partial charge is 0.244 e. The summed E-state index contributed by atoms with van der Waals surface area (Å²) in [6.45, 7) is 3.97. The molecule has 1 heterocycles. The molecule has 2 rings (SSSR count). The zero-order valence-corrected chi connectivity index (χ0v) is 12.2. The molecule has 0 spiro atoms. The lowest BCUT2D eigenvalue weighted by Gasteiger charge is -2.09. The Kier molecular flexibility index (Phi) is 4.06. The van der Waals surface area contributed by atoms with Crippen LogP contribution in [0.2, 0.25) is 0 Å². The predicted molar refractivity (Wildman–Crippen MR) is 78.6 cm³/mol. The van der Waals surface area contributed by atoms with Gasteiger partial charge in [0.15, 0.2) is 0 Å². The summed E-state index contributed by atoms with van der Waals surface area (Å²) in [4.78, 5) is 3.89. The number of rotatable bonds is 4. The third kappa shape index (κ3) is 3.34. The van der Waals surface area contributed by atoms with Crippen LogP contribution >= 0.6 is 0 Å². The number of hydrogen-bond acceptors (Lipinski definition) is 4. The lowest BCUT2D eigenvalue weighted by molar-refractivity contribution is 0.581. The number of pyridine rings is 1. The maximum absolute atomic E-state index is 12.2. The van der Waals surface area contributed by atoms with E-state index < -0.39 is 10.0 Å². The van der Waals surface area contributed by atoms with Crippen LogP contribution in [-0.2, 0) is 16.6 Å². The van der Waals surface area contributed by atoms with Crippen molar-refractivity contribution in [3.63, 3.8) is 0 Å². The van der Waals surface area contributed by atoms with Crippen LogP contribution in [0.25, 0.3) is 0 Å². The molecule has 1 aromatic heterocycles. The van der Waals surface area contributed by atoms with Crippen molar-refractivity contribution in [3.8, 4) is 0 Å². The topological polar surface area (TPSA) is 85.1 Å². The molecule has 0 aliphatic heterocycles. The molecule has 0 fully saturated rings. The fraction of sp³-hybridized carbons (Fsp3) is 0.214. The molecular formula is C14H17N3O2S. The van der Waals surface area contributed by atoms with Gasteiger partial charge in [0.1, 0.15) is 10.7 Å². The molecule has 0 aliphatic carbocycles. The van der Waals surface area contributed by atoms with Gasteiger partial charge < -0.3 is 5.73 Å². The second kappa shape index (κ2) is 5.60. The third-order valence-corrected chi connectivity index (χ3v) is 4.33. The normalized spacial score (nSPS) is 11.5. The molecule has 0 aliphatic rings. The number of anilines is 1. The summed E-state index contributed by atoms with van der Waals surface area (Å²) in [6, 6.07) is 9.16. The average Bonchev–Trinajstić information content (AvgIpc) is 2.41. The summed E-state index contributed by atoms with van der Waals surface area (Å²) >= 11 is 0. The van der Waals surface area contributed by atoms with E-state index in [1.54, 1.807) is 6.92 Å². The zero-order chi connectivity index (χ0) is 14.8. The standard InChI is InChI=1S/C14H17N3O2S/c1-10-3-5-12(6-4-10)9-17-20(18,19)13-7-11(2)8-16-14(13)15/h3-8,17H,9H2,1-2H3,(H2,15,16). The quantitative estimate of drug-likeness (QED) is 0.899. The molecule has 3 N–H and O–H groups in total. The Morgan fingerprint density at radius 3 is 2.45 bits per heavy atom. The SMILES string of the molecule is Cc1ccc(CNS(=O)(=O)c2cc(C)cnc2N)cc1. The van der Waals surface area contributed by atoms with Crippen molar-refractivity contribution in [2.45, 2.75) is 25.3 Å². The van der Waals surface area contributed by atoms with Crippen molar-refractivity contribution in [3.05, 3.63) is 53.2 Å². The number of nitrogens with zero attached hydrogens (tertiary/aromatic N) is 1. The van der Waals surface area contributed by atoms with Crippen molar-refractivity contribution < 1.29 is 8.42 Å². The molecule has 6 heteroatoms. The number of benzene rings is 1. The number of aryl methyl sites for hydroxylation is 2. The first-order valence-electron chi connectivity index (χ1n) is 6.16. The van der Waals surface area contributed by atoms with Crippen LogP contribution in [0.5, 0.6) is 0 Å². The highest BCUT2D eigenvalue weighted by Gasteiger charge is 2.18. The molecule has 106 valence electrons. The summed E-state index contributed by atoms with van der Waals surface area (Å²) in [5.74, 6) is 0.00649. The Labute approximate surface area is 118 Å². The largest absolute Gasteiger partial charge is 0.383 e. The maximum atomic E-state index is 12.2. The van der Waals surface area contributed by atoms with Gasteiger partial charge >= 0.3 is 0 Å². The number of nitrogens with one attached hydrogen (secondary N) is 1. The van der Waals surface area contributed by atoms with Crippen LogP contribution in [0.3, 0.4) is 0 Å². The average molecular weight is 291 g/mol. The second-order valence-corrected chi connectivity index (χ2v) is 6.44. The van der Waals surface area contributed by atoms with E-state index in [2.05, 4.69) is 9.71 Å². The first-order chi connectivity index (χ1) is 9.38. The Bertz CT molecular complexity index is 710. The minimum absolute atomic E-state index is 0.00649. The minimum Gasteiger partial charge on any atom is -0.383 e. The monoisotopic (exact) mass is 291 g/mol. The van der Waals surface area contributed by atoms with Gasteiger partial charge in [-0.3, -0.25) is 0 Å². The number of nitrogen functional groups attached to an aromatic ring is 1. The number of sulfonamides is 1. The fourth-order valence-corrected chi connectivity index (χ4v) is 2.91. The zero-order valence-electron chi connectivity index (χ0n) is 11.4. The van der Waals surface area contributed by atoms with Crippen molar-refractivity contribution in [2.24, 2.45) is 0 Å². The van der Waals surface area contributed by atoms with Crippen LogP contribution in [0.4, 0.5) is 5.82 Å². The van der Waals surface area contributed by atoms with Crippen molar-refractivity contribution in [1.29, 1.82) is 0 Å². The van der Waals surface area contributed by atoms with Crippen LogP contribution in [-0.4, -0.2) is 13.4 Å². The Morgan fingerprint density at radius 2 is 1.80 bits per heavy atom. The van der Waals surface area contributed by atoms with Gasteiger partial charge in [0.25, 0.3) is 0 Å². The molecule has 0 saturated carbocycles. The summed E-state index contributed by atoms with van der Waals surface area (Å²) in [6.07, 6.45) is 1.54. The van der Waals surface area contributed by atoms with Gasteiger partial charge in [0.05, 0.1) is 0 Å². The number of nitrogens with two attached hydrogens (primary N) is 1. The second-order valence-electron chi connectivity index (χ2n) is 4.71. The van der Waals surface area contributed by atoms with Crippen LogP contribution in [0, 0.1) is 13.8 Å². The van der Waals surface area contributed by atoms with Gasteiger partial charge in [-0.25, -0.2) is 18.1 Å². The van der Waals surface area contributed by atoms with Crippen LogP contribution < -0.4 is 10.5 Å². The Morgan fingerprint density at radius 1 is 1.15 bits per heavy atom. The van der Waals surface area contributed by atoms with Gasteiger partial charge in [0, 0.05) is 12.7 Å². The molecule has 0 atom stereocenters.